The second-order valence-electron chi connectivity index (χ2n) is 7.37. The molecule has 5 nitrogen and oxygen atoms in total. The van der Waals surface area contributed by atoms with Gasteiger partial charge in [-0.15, -0.1) is 11.3 Å². The summed E-state index contributed by atoms with van der Waals surface area (Å²) in [7, 11) is 1.35. The fourth-order valence-electron chi connectivity index (χ4n) is 3.25. The average Bonchev–Trinajstić information content (AvgIpc) is 2.95. The maximum atomic E-state index is 11.5. The quantitative estimate of drug-likeness (QED) is 0.452. The molecule has 0 amide bonds. The van der Waals surface area contributed by atoms with E-state index in [1.54, 1.807) is 11.3 Å². The van der Waals surface area contributed by atoms with Gasteiger partial charge in [0.2, 0.25) is 5.88 Å². The number of methoxy groups -OCH3 is 1. The van der Waals surface area contributed by atoms with E-state index in [1.165, 1.54) is 29.3 Å². The molecule has 0 N–H and O–H groups in total. The third kappa shape index (κ3) is 3.77. The Morgan fingerprint density at radius 1 is 1.36 bits per heavy atom. The number of hydrogen-bond donors (Lipinski definition) is 0. The first-order valence-corrected chi connectivity index (χ1v) is 10.4. The van der Waals surface area contributed by atoms with Gasteiger partial charge in [0.25, 0.3) is 0 Å². The van der Waals surface area contributed by atoms with E-state index in [0.717, 1.165) is 29.5 Å². The van der Waals surface area contributed by atoms with Crippen molar-refractivity contribution in [3.63, 3.8) is 0 Å². The third-order valence-electron chi connectivity index (χ3n) is 4.82. The third-order valence-corrected chi connectivity index (χ3v) is 6.51. The first-order chi connectivity index (χ1) is 11.8. The van der Waals surface area contributed by atoms with Gasteiger partial charge in [0.1, 0.15) is 4.83 Å². The van der Waals surface area contributed by atoms with Crippen LogP contribution in [0.25, 0.3) is 10.2 Å². The molecule has 136 valence electrons. The Hall–Kier alpha value is -1.34. The summed E-state index contributed by atoms with van der Waals surface area (Å²) < 4.78 is 10.4. The molecule has 1 aliphatic carbocycles. The van der Waals surface area contributed by atoms with E-state index in [1.807, 2.05) is 6.26 Å². The Morgan fingerprint density at radius 2 is 2.12 bits per heavy atom. The lowest BCUT2D eigenvalue weighted by Crippen LogP contribution is -2.26. The molecule has 0 spiro atoms. The Kier molecular flexibility index (Phi) is 5.25. The highest BCUT2D eigenvalue weighted by Gasteiger charge is 2.32. The van der Waals surface area contributed by atoms with Crippen molar-refractivity contribution in [3.8, 4) is 5.88 Å². The number of aromatic nitrogens is 2. The zero-order valence-electron chi connectivity index (χ0n) is 15.3. The molecule has 2 heterocycles. The van der Waals surface area contributed by atoms with Crippen LogP contribution in [-0.4, -0.2) is 35.9 Å². The number of carbonyl (C=O) groups excluding carboxylic acids is 1. The van der Waals surface area contributed by atoms with Crippen LogP contribution < -0.4 is 4.74 Å². The highest BCUT2D eigenvalue weighted by Crippen LogP contribution is 2.45. The van der Waals surface area contributed by atoms with Crippen molar-refractivity contribution in [2.75, 3.05) is 20.0 Å². The molecule has 0 aliphatic heterocycles. The number of thioether (sulfide) groups is 1. The average molecular weight is 381 g/mol. The number of aryl methyl sites for hydroxylation is 1. The summed E-state index contributed by atoms with van der Waals surface area (Å²) in [5.74, 6) is 0.765. The maximum Gasteiger partial charge on any atom is 0.343 e. The smallest absolute Gasteiger partial charge is 0.343 e. The minimum atomic E-state index is -0.408. The van der Waals surface area contributed by atoms with Gasteiger partial charge in [-0.25, -0.2) is 9.78 Å². The number of thiophene rings is 1. The van der Waals surface area contributed by atoms with E-state index in [-0.39, 0.29) is 6.61 Å². The van der Waals surface area contributed by atoms with Gasteiger partial charge in [-0.3, -0.25) is 0 Å². The molecule has 1 aliphatic rings. The number of fused-ring (bicyclic) bond motifs is 3. The summed E-state index contributed by atoms with van der Waals surface area (Å²) in [6, 6.07) is 0. The van der Waals surface area contributed by atoms with E-state index in [2.05, 4.69) is 35.5 Å². The van der Waals surface area contributed by atoms with Crippen molar-refractivity contribution in [2.24, 2.45) is 11.3 Å². The summed E-state index contributed by atoms with van der Waals surface area (Å²) in [6.07, 6.45) is 5.18. The van der Waals surface area contributed by atoms with Crippen LogP contribution in [0.5, 0.6) is 5.88 Å². The lowest BCUT2D eigenvalue weighted by Gasteiger charge is -2.33. The minimum Gasteiger partial charge on any atom is -0.466 e. The van der Waals surface area contributed by atoms with Gasteiger partial charge in [-0.05, 0) is 42.4 Å². The largest absolute Gasteiger partial charge is 0.466 e. The highest BCUT2D eigenvalue weighted by atomic mass is 32.2. The maximum absolute atomic E-state index is 11.5. The van der Waals surface area contributed by atoms with Gasteiger partial charge < -0.3 is 9.47 Å². The van der Waals surface area contributed by atoms with Crippen LogP contribution in [0.15, 0.2) is 5.16 Å². The first kappa shape index (κ1) is 18.5. The number of rotatable bonds is 4. The van der Waals surface area contributed by atoms with E-state index in [9.17, 15) is 4.79 Å². The summed E-state index contributed by atoms with van der Waals surface area (Å²) in [4.78, 5) is 23.0. The van der Waals surface area contributed by atoms with Crippen LogP contribution >= 0.6 is 23.1 Å². The lowest BCUT2D eigenvalue weighted by molar-refractivity contribution is -0.143. The molecule has 1 atom stereocenters. The highest BCUT2D eigenvalue weighted by molar-refractivity contribution is 7.98. The fraction of sp³-hybridized carbons (Fsp3) is 0.611. The normalized spacial score (nSPS) is 17.4. The second-order valence-corrected chi connectivity index (χ2v) is 9.23. The monoisotopic (exact) mass is 380 g/mol. The summed E-state index contributed by atoms with van der Waals surface area (Å²) in [5, 5.41) is 1.65. The molecule has 1 unspecified atom stereocenters. The molecule has 3 rings (SSSR count). The molecular formula is C18H24N2O3S2. The van der Waals surface area contributed by atoms with E-state index >= 15 is 0 Å². The van der Waals surface area contributed by atoms with Crippen LogP contribution in [0.4, 0.5) is 0 Å². The molecule has 0 fully saturated rings. The van der Waals surface area contributed by atoms with Crippen molar-refractivity contribution in [3.05, 3.63) is 10.4 Å². The van der Waals surface area contributed by atoms with Gasteiger partial charge >= 0.3 is 5.97 Å². The molecule has 2 aromatic rings. The molecule has 25 heavy (non-hydrogen) atoms. The first-order valence-electron chi connectivity index (χ1n) is 8.39. The predicted molar refractivity (Wildman–Crippen MR) is 102 cm³/mol. The summed E-state index contributed by atoms with van der Waals surface area (Å²) in [5.41, 5.74) is 1.60. The molecule has 2 aromatic heterocycles. The number of ether oxygens (including phenoxy) is 2. The van der Waals surface area contributed by atoms with Crippen LogP contribution in [0, 0.1) is 11.3 Å². The fourth-order valence-corrected chi connectivity index (χ4v) is 4.95. The molecule has 0 saturated carbocycles. The zero-order chi connectivity index (χ0) is 18.2. The number of esters is 1. The lowest BCUT2D eigenvalue weighted by atomic mass is 9.72. The van der Waals surface area contributed by atoms with Crippen LogP contribution in [0.1, 0.15) is 37.6 Å². The van der Waals surface area contributed by atoms with Gasteiger partial charge in [-0.2, -0.15) is 4.98 Å². The predicted octanol–water partition coefficient (Wildman–Crippen LogP) is 4.12. The molecular weight excluding hydrogens is 356 g/mol. The molecule has 7 heteroatoms. The Bertz CT molecular complexity index is 796. The standard InChI is InChI=1S/C18H24N2O3S2/c1-18(2,3)10-6-7-11-12(8-10)25-16-14(11)15(19-17(20-16)24-5)23-9-13(21)22-4/h10H,6-9H2,1-5H3. The van der Waals surface area contributed by atoms with Crippen molar-refractivity contribution >= 4 is 39.3 Å². The topological polar surface area (TPSA) is 61.3 Å². The van der Waals surface area contributed by atoms with Crippen molar-refractivity contribution < 1.29 is 14.3 Å². The van der Waals surface area contributed by atoms with Crippen LogP contribution in [0.2, 0.25) is 0 Å². The van der Waals surface area contributed by atoms with Gasteiger partial charge in [0, 0.05) is 4.88 Å². The second kappa shape index (κ2) is 7.11. The Labute approximate surface area is 156 Å². The SMILES string of the molecule is COC(=O)COc1nc(SC)nc2sc3c(c12)CCC(C(C)(C)C)C3. The molecule has 0 radical (unpaired) electrons. The van der Waals surface area contributed by atoms with Crippen LogP contribution in [-0.2, 0) is 22.4 Å². The minimum absolute atomic E-state index is 0.133. The van der Waals surface area contributed by atoms with Crippen molar-refractivity contribution in [2.45, 2.75) is 45.2 Å². The molecule has 0 saturated heterocycles. The van der Waals surface area contributed by atoms with Crippen molar-refractivity contribution in [1.29, 1.82) is 0 Å². The van der Waals surface area contributed by atoms with Crippen LogP contribution in [0.3, 0.4) is 0 Å². The van der Waals surface area contributed by atoms with Gasteiger partial charge in [0.15, 0.2) is 11.8 Å². The van der Waals surface area contributed by atoms with Gasteiger partial charge in [0.05, 0.1) is 12.5 Å². The zero-order valence-corrected chi connectivity index (χ0v) is 17.0. The number of nitrogens with zero attached hydrogens (tertiary/aromatic N) is 2. The number of carbonyl (C=O) groups is 1. The van der Waals surface area contributed by atoms with Gasteiger partial charge in [-0.1, -0.05) is 32.5 Å². The van der Waals surface area contributed by atoms with E-state index in [4.69, 9.17) is 4.74 Å². The molecule has 0 bridgehead atoms. The Morgan fingerprint density at radius 3 is 2.76 bits per heavy atom. The summed E-state index contributed by atoms with van der Waals surface area (Å²) >= 11 is 3.22. The summed E-state index contributed by atoms with van der Waals surface area (Å²) in [6.45, 7) is 6.80. The number of hydrogen-bond acceptors (Lipinski definition) is 7. The van der Waals surface area contributed by atoms with E-state index in [0.29, 0.717) is 22.4 Å². The van der Waals surface area contributed by atoms with E-state index < -0.39 is 5.97 Å². The Balaban J connectivity index is 2.02. The molecule has 0 aromatic carbocycles. The van der Waals surface area contributed by atoms with Crippen molar-refractivity contribution in [1.82, 2.24) is 9.97 Å².